The molecule has 20 heavy (non-hydrogen) atoms. The number of allylic oxidation sites excluding steroid dienone is 1. The van der Waals surface area contributed by atoms with Crippen molar-refractivity contribution in [1.29, 1.82) is 0 Å². The highest BCUT2D eigenvalue weighted by Crippen LogP contribution is 2.07. The van der Waals surface area contributed by atoms with Gasteiger partial charge in [0.05, 0.1) is 23.8 Å². The second kappa shape index (κ2) is 11.9. The lowest BCUT2D eigenvalue weighted by Gasteiger charge is -1.98. The number of aliphatic hydroxyl groups excluding tert-OH is 2. The van der Waals surface area contributed by atoms with E-state index in [9.17, 15) is 9.59 Å². The summed E-state index contributed by atoms with van der Waals surface area (Å²) >= 11 is 0. The largest absolute Gasteiger partial charge is 0.478 e. The van der Waals surface area contributed by atoms with Crippen LogP contribution in [-0.2, 0) is 0 Å². The van der Waals surface area contributed by atoms with E-state index in [-0.39, 0.29) is 17.7 Å². The Morgan fingerprint density at radius 2 is 1.45 bits per heavy atom. The molecule has 0 aromatic heterocycles. The standard InChI is InChI=1S/C8H6O4.C3H8O2.C3H6/c9-7(10)5-3-1-2-4-6(5)8(11)12;1-3(5)2-4;1-3-2/h1-4H,(H,9,10)(H,11,12);3-5H,2H2,1H3;3H,1H2,2H3. The molecule has 1 aromatic carbocycles. The van der Waals surface area contributed by atoms with Gasteiger partial charge in [0.25, 0.3) is 0 Å². The number of rotatable bonds is 3. The zero-order valence-electron chi connectivity index (χ0n) is 11.5. The molecule has 0 aliphatic heterocycles. The summed E-state index contributed by atoms with van der Waals surface area (Å²) in [6, 6.07) is 5.48. The molecule has 0 amide bonds. The van der Waals surface area contributed by atoms with Crippen molar-refractivity contribution < 1.29 is 30.0 Å². The lowest BCUT2D eigenvalue weighted by Crippen LogP contribution is -2.06. The highest BCUT2D eigenvalue weighted by molar-refractivity contribution is 6.01. The fraction of sp³-hybridized carbons (Fsp3) is 0.286. The van der Waals surface area contributed by atoms with Crippen molar-refractivity contribution in [2.45, 2.75) is 20.0 Å². The predicted molar refractivity (Wildman–Crippen MR) is 75.0 cm³/mol. The number of carboxylic acids is 2. The first-order valence-electron chi connectivity index (χ1n) is 5.73. The zero-order chi connectivity index (χ0) is 16.1. The van der Waals surface area contributed by atoms with Gasteiger partial charge in [0.15, 0.2) is 0 Å². The van der Waals surface area contributed by atoms with E-state index in [2.05, 4.69) is 6.58 Å². The van der Waals surface area contributed by atoms with Gasteiger partial charge in [-0.15, -0.1) is 6.58 Å². The molecule has 112 valence electrons. The topological polar surface area (TPSA) is 115 Å². The second-order valence-corrected chi connectivity index (χ2v) is 3.60. The van der Waals surface area contributed by atoms with E-state index in [1.54, 1.807) is 6.08 Å². The van der Waals surface area contributed by atoms with Crippen molar-refractivity contribution in [2.24, 2.45) is 0 Å². The molecule has 0 fully saturated rings. The average Bonchev–Trinajstić information content (AvgIpc) is 2.40. The van der Waals surface area contributed by atoms with Crippen molar-refractivity contribution in [3.8, 4) is 0 Å². The minimum atomic E-state index is -1.23. The molecule has 1 rings (SSSR count). The second-order valence-electron chi connectivity index (χ2n) is 3.60. The number of carboxylic acid groups (broad SMARTS) is 2. The van der Waals surface area contributed by atoms with Gasteiger partial charge in [0.2, 0.25) is 0 Å². The summed E-state index contributed by atoms with van der Waals surface area (Å²) < 4.78 is 0. The van der Waals surface area contributed by atoms with E-state index in [4.69, 9.17) is 20.4 Å². The van der Waals surface area contributed by atoms with Crippen LogP contribution in [0.3, 0.4) is 0 Å². The third-order valence-corrected chi connectivity index (χ3v) is 1.65. The van der Waals surface area contributed by atoms with Crippen LogP contribution in [0.25, 0.3) is 0 Å². The summed E-state index contributed by atoms with van der Waals surface area (Å²) in [6.45, 7) is 6.64. The lowest BCUT2D eigenvalue weighted by atomic mass is 10.1. The summed E-state index contributed by atoms with van der Waals surface area (Å²) in [7, 11) is 0. The van der Waals surface area contributed by atoms with Gasteiger partial charge < -0.3 is 20.4 Å². The van der Waals surface area contributed by atoms with E-state index in [1.165, 1.54) is 31.2 Å². The van der Waals surface area contributed by atoms with Crippen molar-refractivity contribution in [2.75, 3.05) is 6.61 Å². The smallest absolute Gasteiger partial charge is 0.336 e. The van der Waals surface area contributed by atoms with Gasteiger partial charge in [-0.3, -0.25) is 0 Å². The Labute approximate surface area is 117 Å². The summed E-state index contributed by atoms with van der Waals surface area (Å²) in [5.74, 6) is -2.46. The summed E-state index contributed by atoms with van der Waals surface area (Å²) in [6.07, 6.45) is 1.19. The minimum Gasteiger partial charge on any atom is -0.478 e. The Hall–Kier alpha value is -2.18. The van der Waals surface area contributed by atoms with E-state index in [0.29, 0.717) is 0 Å². The lowest BCUT2D eigenvalue weighted by molar-refractivity contribution is 0.0651. The molecule has 0 saturated heterocycles. The molecular formula is C14H20O6. The minimum absolute atomic E-state index is 0.139. The van der Waals surface area contributed by atoms with Crippen LogP contribution in [0.1, 0.15) is 34.6 Å². The van der Waals surface area contributed by atoms with Crippen LogP contribution in [0.5, 0.6) is 0 Å². The van der Waals surface area contributed by atoms with Crippen LogP contribution in [0.2, 0.25) is 0 Å². The molecular weight excluding hydrogens is 264 g/mol. The van der Waals surface area contributed by atoms with Crippen LogP contribution >= 0.6 is 0 Å². The number of carbonyl (C=O) groups is 2. The van der Waals surface area contributed by atoms with Crippen LogP contribution in [0.15, 0.2) is 36.9 Å². The molecule has 1 atom stereocenters. The zero-order valence-corrected chi connectivity index (χ0v) is 11.5. The van der Waals surface area contributed by atoms with Gasteiger partial charge >= 0.3 is 11.9 Å². The average molecular weight is 284 g/mol. The monoisotopic (exact) mass is 284 g/mol. The number of hydrogen-bond acceptors (Lipinski definition) is 4. The highest BCUT2D eigenvalue weighted by Gasteiger charge is 2.13. The Balaban J connectivity index is 0. The molecule has 6 heteroatoms. The first kappa shape index (κ1) is 20.1. The number of aromatic carboxylic acids is 2. The third kappa shape index (κ3) is 9.81. The van der Waals surface area contributed by atoms with Crippen molar-refractivity contribution in [3.05, 3.63) is 48.0 Å². The first-order valence-corrected chi connectivity index (χ1v) is 5.73. The molecule has 0 aliphatic rings. The highest BCUT2D eigenvalue weighted by atomic mass is 16.4. The molecule has 0 heterocycles. The molecule has 1 unspecified atom stereocenters. The number of hydrogen-bond donors (Lipinski definition) is 4. The Morgan fingerprint density at radius 1 is 1.20 bits per heavy atom. The fourth-order valence-electron chi connectivity index (χ4n) is 0.856. The van der Waals surface area contributed by atoms with Gasteiger partial charge in [0, 0.05) is 0 Å². The van der Waals surface area contributed by atoms with E-state index < -0.39 is 18.0 Å². The van der Waals surface area contributed by atoms with Crippen molar-refractivity contribution in [3.63, 3.8) is 0 Å². The van der Waals surface area contributed by atoms with Crippen molar-refractivity contribution in [1.82, 2.24) is 0 Å². The van der Waals surface area contributed by atoms with Gasteiger partial charge in [-0.25, -0.2) is 9.59 Å². The maximum atomic E-state index is 10.5. The summed E-state index contributed by atoms with van der Waals surface area (Å²) in [5, 5.41) is 33.1. The third-order valence-electron chi connectivity index (χ3n) is 1.65. The maximum Gasteiger partial charge on any atom is 0.336 e. The molecule has 0 bridgehead atoms. The molecule has 0 aliphatic carbocycles. The molecule has 0 spiro atoms. The van der Waals surface area contributed by atoms with E-state index >= 15 is 0 Å². The fourth-order valence-corrected chi connectivity index (χ4v) is 0.856. The summed E-state index contributed by atoms with van der Waals surface area (Å²) in [5.41, 5.74) is -0.380. The van der Waals surface area contributed by atoms with Crippen LogP contribution < -0.4 is 0 Å². The van der Waals surface area contributed by atoms with Crippen LogP contribution in [0.4, 0.5) is 0 Å². The number of aliphatic hydroxyl groups is 2. The van der Waals surface area contributed by atoms with Gasteiger partial charge in [-0.1, -0.05) is 18.2 Å². The Bertz CT molecular complexity index is 392. The molecule has 0 radical (unpaired) electrons. The number of benzene rings is 1. The molecule has 0 saturated carbocycles. The maximum absolute atomic E-state index is 10.5. The first-order chi connectivity index (χ1) is 9.31. The van der Waals surface area contributed by atoms with Crippen LogP contribution in [-0.4, -0.2) is 45.1 Å². The van der Waals surface area contributed by atoms with E-state index in [0.717, 1.165) is 0 Å². The molecule has 1 aromatic rings. The Morgan fingerprint density at radius 3 is 1.60 bits per heavy atom. The molecule has 6 nitrogen and oxygen atoms in total. The predicted octanol–water partition coefficient (Wildman–Crippen LogP) is 1.63. The van der Waals surface area contributed by atoms with Gasteiger partial charge in [-0.2, -0.15) is 0 Å². The van der Waals surface area contributed by atoms with E-state index in [1.807, 2.05) is 6.92 Å². The quantitative estimate of drug-likeness (QED) is 0.627. The molecule has 4 N–H and O–H groups in total. The van der Waals surface area contributed by atoms with Crippen molar-refractivity contribution >= 4 is 11.9 Å². The van der Waals surface area contributed by atoms with Crippen LogP contribution in [0, 0.1) is 0 Å². The van der Waals surface area contributed by atoms with Gasteiger partial charge in [0.1, 0.15) is 0 Å². The van der Waals surface area contributed by atoms with Gasteiger partial charge in [-0.05, 0) is 26.0 Å². The Kier molecular flexibility index (Phi) is 12.0. The summed E-state index contributed by atoms with van der Waals surface area (Å²) in [4.78, 5) is 20.9. The normalized spacial score (nSPS) is 10.0. The SMILES string of the molecule is C=CC.CC(O)CO.O=C(O)c1ccccc1C(=O)O.